The molecule has 2 aromatic carbocycles. The van der Waals surface area contributed by atoms with Crippen molar-refractivity contribution in [3.05, 3.63) is 64.2 Å². The molecule has 0 radical (unpaired) electrons. The van der Waals surface area contributed by atoms with Crippen LogP contribution in [0.5, 0.6) is 11.5 Å². The summed E-state index contributed by atoms with van der Waals surface area (Å²) in [7, 11) is 0. The number of non-ortho nitro benzene ring substituents is 1. The lowest BCUT2D eigenvalue weighted by Gasteiger charge is -2.20. The van der Waals surface area contributed by atoms with Crippen LogP contribution >= 0.6 is 0 Å². The minimum absolute atomic E-state index is 0.0173. The molecule has 1 saturated carbocycles. The second-order valence-corrected chi connectivity index (χ2v) is 6.36. The maximum atomic E-state index is 12.8. The molecule has 7 nitrogen and oxygen atoms in total. The number of hydrogen-bond acceptors (Lipinski definition) is 5. The minimum Gasteiger partial charge on any atom is -0.457 e. The lowest BCUT2D eigenvalue weighted by Crippen LogP contribution is -2.40. The molecule has 1 amide bonds. The Morgan fingerprint density at radius 2 is 2.00 bits per heavy atom. The van der Waals surface area contributed by atoms with Crippen molar-refractivity contribution < 1.29 is 14.5 Å². The Morgan fingerprint density at radius 1 is 1.23 bits per heavy atom. The van der Waals surface area contributed by atoms with Gasteiger partial charge in [-0.05, 0) is 43.5 Å². The number of benzene rings is 2. The van der Waals surface area contributed by atoms with Crippen LogP contribution in [0.3, 0.4) is 0 Å². The van der Waals surface area contributed by atoms with Crippen molar-refractivity contribution in [2.24, 2.45) is 11.7 Å². The monoisotopic (exact) mass is 355 g/mol. The Hall–Kier alpha value is -2.93. The molecule has 7 heteroatoms. The van der Waals surface area contributed by atoms with E-state index in [-0.39, 0.29) is 34.9 Å². The number of nitro benzene ring substituents is 1. The van der Waals surface area contributed by atoms with E-state index in [9.17, 15) is 14.9 Å². The third kappa shape index (κ3) is 4.00. The first-order valence-electron chi connectivity index (χ1n) is 8.60. The van der Waals surface area contributed by atoms with Crippen LogP contribution in [0.15, 0.2) is 48.5 Å². The summed E-state index contributed by atoms with van der Waals surface area (Å²) in [5.41, 5.74) is 5.76. The molecular formula is C19H21N3O4. The van der Waals surface area contributed by atoms with Gasteiger partial charge in [-0.2, -0.15) is 0 Å². The summed E-state index contributed by atoms with van der Waals surface area (Å²) in [4.78, 5) is 23.4. The largest absolute Gasteiger partial charge is 0.457 e. The number of nitro groups is 1. The molecule has 26 heavy (non-hydrogen) atoms. The SMILES string of the molecule is NCC1CCCC1NC(=O)c1cc([N+](=O)[O-])ccc1Oc1ccccc1. The van der Waals surface area contributed by atoms with Gasteiger partial charge in [-0.25, -0.2) is 0 Å². The zero-order valence-electron chi connectivity index (χ0n) is 14.3. The standard InChI is InChI=1S/C19H21N3O4/c20-12-13-5-4-8-17(13)21-19(23)16-11-14(22(24)25)9-10-18(16)26-15-6-2-1-3-7-15/h1-3,6-7,9-11,13,17H,4-5,8,12,20H2,(H,21,23). The topological polar surface area (TPSA) is 107 Å². The van der Waals surface area contributed by atoms with Gasteiger partial charge >= 0.3 is 0 Å². The van der Waals surface area contributed by atoms with Crippen molar-refractivity contribution in [3.8, 4) is 11.5 Å². The molecule has 2 aromatic rings. The van der Waals surface area contributed by atoms with Crippen LogP contribution in [-0.4, -0.2) is 23.4 Å². The fourth-order valence-corrected chi connectivity index (χ4v) is 3.27. The zero-order chi connectivity index (χ0) is 18.5. The van der Waals surface area contributed by atoms with Crippen molar-refractivity contribution in [3.63, 3.8) is 0 Å². The van der Waals surface area contributed by atoms with Crippen LogP contribution in [0.1, 0.15) is 29.6 Å². The second kappa shape index (κ2) is 7.97. The zero-order valence-corrected chi connectivity index (χ0v) is 14.3. The van der Waals surface area contributed by atoms with Gasteiger partial charge in [-0.1, -0.05) is 24.6 Å². The van der Waals surface area contributed by atoms with Gasteiger partial charge in [0, 0.05) is 18.2 Å². The molecule has 0 aliphatic heterocycles. The van der Waals surface area contributed by atoms with Crippen molar-refractivity contribution >= 4 is 11.6 Å². The third-order valence-electron chi connectivity index (χ3n) is 4.67. The van der Waals surface area contributed by atoms with Crippen LogP contribution in [0.4, 0.5) is 5.69 Å². The molecule has 1 aliphatic carbocycles. The first kappa shape index (κ1) is 17.9. The Bertz CT molecular complexity index is 795. The summed E-state index contributed by atoms with van der Waals surface area (Å²) >= 11 is 0. The molecular weight excluding hydrogens is 334 g/mol. The molecule has 3 rings (SSSR count). The molecule has 0 saturated heterocycles. The van der Waals surface area contributed by atoms with E-state index in [1.807, 2.05) is 18.2 Å². The fourth-order valence-electron chi connectivity index (χ4n) is 3.27. The van der Waals surface area contributed by atoms with E-state index < -0.39 is 4.92 Å². The van der Waals surface area contributed by atoms with Crippen LogP contribution in [-0.2, 0) is 0 Å². The average molecular weight is 355 g/mol. The number of hydrogen-bond donors (Lipinski definition) is 2. The summed E-state index contributed by atoms with van der Waals surface area (Å²) in [6, 6.07) is 13.0. The Morgan fingerprint density at radius 3 is 2.69 bits per heavy atom. The van der Waals surface area contributed by atoms with Crippen molar-refractivity contribution in [2.75, 3.05) is 6.54 Å². The van der Waals surface area contributed by atoms with Crippen molar-refractivity contribution in [1.82, 2.24) is 5.32 Å². The number of carbonyl (C=O) groups is 1. The first-order valence-corrected chi connectivity index (χ1v) is 8.60. The summed E-state index contributed by atoms with van der Waals surface area (Å²) in [5.74, 6) is 0.679. The van der Waals surface area contributed by atoms with Gasteiger partial charge in [-0.15, -0.1) is 0 Å². The summed E-state index contributed by atoms with van der Waals surface area (Å²) in [6.45, 7) is 0.507. The lowest BCUT2D eigenvalue weighted by molar-refractivity contribution is -0.384. The quantitative estimate of drug-likeness (QED) is 0.611. The number of para-hydroxylation sites is 1. The summed E-state index contributed by atoms with van der Waals surface area (Å²) in [5, 5.41) is 14.1. The van der Waals surface area contributed by atoms with E-state index in [1.54, 1.807) is 12.1 Å². The van der Waals surface area contributed by atoms with Crippen LogP contribution in [0.25, 0.3) is 0 Å². The van der Waals surface area contributed by atoms with E-state index in [2.05, 4.69) is 5.32 Å². The molecule has 2 unspecified atom stereocenters. The molecule has 1 fully saturated rings. The maximum absolute atomic E-state index is 12.8. The number of nitrogens with zero attached hydrogens (tertiary/aromatic N) is 1. The fraction of sp³-hybridized carbons (Fsp3) is 0.316. The van der Waals surface area contributed by atoms with E-state index in [0.29, 0.717) is 12.3 Å². The van der Waals surface area contributed by atoms with Gasteiger partial charge in [0.1, 0.15) is 11.5 Å². The number of amides is 1. The van der Waals surface area contributed by atoms with Gasteiger partial charge in [0.2, 0.25) is 0 Å². The van der Waals surface area contributed by atoms with Gasteiger partial charge in [0.15, 0.2) is 0 Å². The number of carbonyl (C=O) groups excluding carboxylic acids is 1. The number of nitrogens with two attached hydrogens (primary N) is 1. The normalized spacial score (nSPS) is 19.1. The molecule has 3 N–H and O–H groups in total. The van der Waals surface area contributed by atoms with Crippen LogP contribution in [0.2, 0.25) is 0 Å². The predicted octanol–water partition coefficient (Wildman–Crippen LogP) is 3.24. The average Bonchev–Trinajstić information content (AvgIpc) is 3.09. The van der Waals surface area contributed by atoms with E-state index >= 15 is 0 Å². The first-order chi connectivity index (χ1) is 12.6. The lowest BCUT2D eigenvalue weighted by atomic mass is 10.0. The Kier molecular flexibility index (Phi) is 5.48. The molecule has 0 aromatic heterocycles. The number of nitrogens with one attached hydrogen (secondary N) is 1. The van der Waals surface area contributed by atoms with Crippen LogP contribution in [0, 0.1) is 16.0 Å². The van der Waals surface area contributed by atoms with Crippen LogP contribution < -0.4 is 15.8 Å². The van der Waals surface area contributed by atoms with Crippen molar-refractivity contribution in [1.29, 1.82) is 0 Å². The maximum Gasteiger partial charge on any atom is 0.270 e. The molecule has 136 valence electrons. The summed E-state index contributed by atoms with van der Waals surface area (Å²) in [6.07, 6.45) is 2.84. The van der Waals surface area contributed by atoms with Gasteiger partial charge in [0.25, 0.3) is 11.6 Å². The van der Waals surface area contributed by atoms with E-state index in [0.717, 1.165) is 19.3 Å². The Labute approximate surface area is 151 Å². The highest BCUT2D eigenvalue weighted by atomic mass is 16.6. The highest BCUT2D eigenvalue weighted by molar-refractivity contribution is 5.98. The van der Waals surface area contributed by atoms with Gasteiger partial charge < -0.3 is 15.8 Å². The van der Waals surface area contributed by atoms with Gasteiger partial charge in [-0.3, -0.25) is 14.9 Å². The molecule has 0 heterocycles. The number of rotatable bonds is 6. The molecule has 2 atom stereocenters. The van der Waals surface area contributed by atoms with Gasteiger partial charge in [0.05, 0.1) is 10.5 Å². The highest BCUT2D eigenvalue weighted by Gasteiger charge is 2.29. The smallest absolute Gasteiger partial charge is 0.270 e. The minimum atomic E-state index is -0.526. The van der Waals surface area contributed by atoms with E-state index in [4.69, 9.17) is 10.5 Å². The number of ether oxygens (including phenoxy) is 1. The van der Waals surface area contributed by atoms with Crippen molar-refractivity contribution in [2.45, 2.75) is 25.3 Å². The highest BCUT2D eigenvalue weighted by Crippen LogP contribution is 2.30. The summed E-state index contributed by atoms with van der Waals surface area (Å²) < 4.78 is 5.77. The molecule has 0 bridgehead atoms. The van der Waals surface area contributed by atoms with E-state index in [1.165, 1.54) is 18.2 Å². The second-order valence-electron chi connectivity index (χ2n) is 6.36. The Balaban J connectivity index is 1.88. The third-order valence-corrected chi connectivity index (χ3v) is 4.67. The molecule has 1 aliphatic rings. The predicted molar refractivity (Wildman–Crippen MR) is 97.3 cm³/mol. The molecule has 0 spiro atoms.